The zero-order valence-electron chi connectivity index (χ0n) is 10.5. The van der Waals surface area contributed by atoms with E-state index >= 15 is 0 Å². The minimum Gasteiger partial charge on any atom is -0.371 e. The average Bonchev–Trinajstić information content (AvgIpc) is 2.34. The van der Waals surface area contributed by atoms with E-state index in [4.69, 9.17) is 4.74 Å². The van der Waals surface area contributed by atoms with Gasteiger partial charge in [0.05, 0.1) is 6.61 Å². The Labute approximate surface area is 108 Å². The van der Waals surface area contributed by atoms with Gasteiger partial charge in [-0.05, 0) is 12.0 Å². The van der Waals surface area contributed by atoms with Gasteiger partial charge < -0.3 is 15.4 Å². The van der Waals surface area contributed by atoms with Crippen molar-refractivity contribution in [2.75, 3.05) is 32.8 Å². The Morgan fingerprint density at radius 3 is 2.78 bits per heavy atom. The molecule has 0 aliphatic carbocycles. The fourth-order valence-electron chi connectivity index (χ4n) is 1.80. The van der Waals surface area contributed by atoms with E-state index in [2.05, 4.69) is 22.8 Å². The molecule has 1 aliphatic rings. The highest BCUT2D eigenvalue weighted by atomic mass is 16.5. The summed E-state index contributed by atoms with van der Waals surface area (Å²) in [6.45, 7) is 3.52. The molecular formula is C14H20N2O2. The van der Waals surface area contributed by atoms with E-state index in [-0.39, 0.29) is 12.5 Å². The monoisotopic (exact) mass is 248 g/mol. The maximum atomic E-state index is 11.4. The molecule has 4 heteroatoms. The fourth-order valence-corrected chi connectivity index (χ4v) is 1.80. The number of carbonyl (C=O) groups is 1. The highest BCUT2D eigenvalue weighted by Gasteiger charge is 2.16. The molecule has 0 aromatic heterocycles. The number of carbonyl (C=O) groups excluding carboxylic acids is 1. The molecule has 1 aromatic carbocycles. The lowest BCUT2D eigenvalue weighted by Gasteiger charge is -2.27. The molecule has 0 radical (unpaired) electrons. The highest BCUT2D eigenvalue weighted by molar-refractivity contribution is 5.77. The van der Waals surface area contributed by atoms with Gasteiger partial charge in [-0.3, -0.25) is 4.79 Å². The lowest BCUT2D eigenvalue weighted by Crippen LogP contribution is -2.48. The molecule has 0 atom stereocenters. The smallest absolute Gasteiger partial charge is 0.246 e. The molecular weight excluding hydrogens is 228 g/mol. The predicted molar refractivity (Wildman–Crippen MR) is 70.3 cm³/mol. The van der Waals surface area contributed by atoms with Crippen molar-refractivity contribution in [2.24, 2.45) is 5.92 Å². The molecule has 2 N–H and O–H groups in total. The van der Waals surface area contributed by atoms with Crippen LogP contribution in [0.15, 0.2) is 30.3 Å². The third-order valence-corrected chi connectivity index (χ3v) is 3.06. The summed E-state index contributed by atoms with van der Waals surface area (Å²) in [6, 6.07) is 10.1. The zero-order chi connectivity index (χ0) is 12.6. The predicted octanol–water partition coefficient (Wildman–Crippen LogP) is 0.581. The molecule has 0 unspecified atom stereocenters. The molecule has 18 heavy (non-hydrogen) atoms. The molecule has 1 heterocycles. The second kappa shape index (κ2) is 7.13. The van der Waals surface area contributed by atoms with Crippen LogP contribution in [0.2, 0.25) is 0 Å². The molecule has 98 valence electrons. The largest absolute Gasteiger partial charge is 0.371 e. The first kappa shape index (κ1) is 13.1. The van der Waals surface area contributed by atoms with Crippen LogP contribution in [-0.2, 0) is 16.0 Å². The van der Waals surface area contributed by atoms with E-state index in [1.54, 1.807) is 0 Å². The molecule has 1 aromatic rings. The van der Waals surface area contributed by atoms with E-state index in [0.29, 0.717) is 12.5 Å². The van der Waals surface area contributed by atoms with Gasteiger partial charge in [-0.25, -0.2) is 0 Å². The van der Waals surface area contributed by atoms with Crippen molar-refractivity contribution in [2.45, 2.75) is 6.42 Å². The number of benzene rings is 1. The Balaban J connectivity index is 1.50. The van der Waals surface area contributed by atoms with Crippen LogP contribution in [0.1, 0.15) is 5.56 Å². The van der Waals surface area contributed by atoms with E-state index in [1.165, 1.54) is 5.56 Å². The van der Waals surface area contributed by atoms with Gasteiger partial charge in [0.25, 0.3) is 0 Å². The van der Waals surface area contributed by atoms with E-state index in [0.717, 1.165) is 26.1 Å². The third kappa shape index (κ3) is 4.47. The fraction of sp³-hybridized carbons (Fsp3) is 0.500. The summed E-state index contributed by atoms with van der Waals surface area (Å²) in [6.07, 6.45) is 0.848. The van der Waals surface area contributed by atoms with Crippen LogP contribution in [-0.4, -0.2) is 38.8 Å². The second-order valence-corrected chi connectivity index (χ2v) is 4.62. The lowest BCUT2D eigenvalue weighted by atomic mass is 10.0. The van der Waals surface area contributed by atoms with Crippen molar-refractivity contribution < 1.29 is 9.53 Å². The van der Waals surface area contributed by atoms with Crippen LogP contribution in [0, 0.1) is 5.92 Å². The molecule has 0 saturated carbocycles. The first-order valence-electron chi connectivity index (χ1n) is 6.43. The Kier molecular flexibility index (Phi) is 5.17. The summed E-state index contributed by atoms with van der Waals surface area (Å²) in [7, 11) is 0. The van der Waals surface area contributed by atoms with Gasteiger partial charge >= 0.3 is 0 Å². The normalized spacial score (nSPS) is 15.1. The average molecular weight is 248 g/mol. The maximum absolute atomic E-state index is 11.4. The Morgan fingerprint density at radius 1 is 1.33 bits per heavy atom. The lowest BCUT2D eigenvalue weighted by molar-refractivity contribution is -0.125. The third-order valence-electron chi connectivity index (χ3n) is 3.06. The van der Waals surface area contributed by atoms with Crippen molar-refractivity contribution in [1.29, 1.82) is 0 Å². The number of amides is 1. The maximum Gasteiger partial charge on any atom is 0.246 e. The van der Waals surface area contributed by atoms with Crippen LogP contribution in [0.5, 0.6) is 0 Å². The summed E-state index contributed by atoms with van der Waals surface area (Å²) in [5.74, 6) is 0.577. The van der Waals surface area contributed by atoms with Crippen LogP contribution in [0.25, 0.3) is 0 Å². The van der Waals surface area contributed by atoms with E-state index in [1.807, 2.05) is 18.2 Å². The standard InChI is InChI=1S/C14H20N2O2/c17-14(16-10-13-8-15-9-13)11-18-7-6-12-4-2-1-3-5-12/h1-5,13,15H,6-11H2,(H,16,17). The van der Waals surface area contributed by atoms with Crippen LogP contribution >= 0.6 is 0 Å². The molecule has 1 fully saturated rings. The van der Waals surface area contributed by atoms with Crippen LogP contribution in [0.4, 0.5) is 0 Å². The van der Waals surface area contributed by atoms with Gasteiger partial charge in [-0.2, -0.15) is 0 Å². The zero-order valence-corrected chi connectivity index (χ0v) is 10.5. The minimum atomic E-state index is -0.0186. The van der Waals surface area contributed by atoms with Crippen molar-refractivity contribution >= 4 is 5.91 Å². The number of nitrogens with one attached hydrogen (secondary N) is 2. The Bertz CT molecular complexity index is 363. The SMILES string of the molecule is O=C(COCCc1ccccc1)NCC1CNC1. The Hall–Kier alpha value is -1.39. The summed E-state index contributed by atoms with van der Waals surface area (Å²) >= 11 is 0. The van der Waals surface area contributed by atoms with E-state index < -0.39 is 0 Å². The van der Waals surface area contributed by atoms with Crippen molar-refractivity contribution in [3.8, 4) is 0 Å². The summed E-state index contributed by atoms with van der Waals surface area (Å²) in [5.41, 5.74) is 1.23. The summed E-state index contributed by atoms with van der Waals surface area (Å²) in [5, 5.41) is 6.05. The molecule has 4 nitrogen and oxygen atoms in total. The number of hydrogen-bond donors (Lipinski definition) is 2. The van der Waals surface area contributed by atoms with Gasteiger partial charge in [0, 0.05) is 25.6 Å². The summed E-state index contributed by atoms with van der Waals surface area (Å²) < 4.78 is 5.36. The molecule has 1 aliphatic heterocycles. The highest BCUT2D eigenvalue weighted by Crippen LogP contribution is 2.00. The van der Waals surface area contributed by atoms with Gasteiger partial charge in [0.2, 0.25) is 5.91 Å². The quantitative estimate of drug-likeness (QED) is 0.694. The van der Waals surface area contributed by atoms with E-state index in [9.17, 15) is 4.79 Å². The number of hydrogen-bond acceptors (Lipinski definition) is 3. The summed E-state index contributed by atoms with van der Waals surface area (Å²) in [4.78, 5) is 11.4. The first-order chi connectivity index (χ1) is 8.84. The van der Waals surface area contributed by atoms with Crippen molar-refractivity contribution in [3.63, 3.8) is 0 Å². The van der Waals surface area contributed by atoms with Crippen molar-refractivity contribution in [3.05, 3.63) is 35.9 Å². The molecule has 0 bridgehead atoms. The van der Waals surface area contributed by atoms with Gasteiger partial charge in [-0.15, -0.1) is 0 Å². The molecule has 1 amide bonds. The molecule has 2 rings (SSSR count). The van der Waals surface area contributed by atoms with Gasteiger partial charge in [-0.1, -0.05) is 30.3 Å². The van der Waals surface area contributed by atoms with Crippen molar-refractivity contribution in [1.82, 2.24) is 10.6 Å². The molecule has 0 spiro atoms. The first-order valence-corrected chi connectivity index (χ1v) is 6.43. The van der Waals surface area contributed by atoms with Crippen LogP contribution in [0.3, 0.4) is 0 Å². The van der Waals surface area contributed by atoms with Gasteiger partial charge in [0.1, 0.15) is 6.61 Å². The topological polar surface area (TPSA) is 50.4 Å². The number of rotatable bonds is 7. The second-order valence-electron chi connectivity index (χ2n) is 4.62. The Morgan fingerprint density at radius 2 is 2.11 bits per heavy atom. The minimum absolute atomic E-state index is 0.0186. The molecule has 1 saturated heterocycles. The van der Waals surface area contributed by atoms with Crippen LogP contribution < -0.4 is 10.6 Å². The number of ether oxygens (including phenoxy) is 1. The van der Waals surface area contributed by atoms with Gasteiger partial charge in [0.15, 0.2) is 0 Å².